The highest BCUT2D eigenvalue weighted by Gasteiger charge is 2.27. The molecule has 0 aliphatic heterocycles. The van der Waals surface area contributed by atoms with E-state index >= 15 is 0 Å². The Morgan fingerprint density at radius 1 is 1.57 bits per heavy atom. The molecule has 0 saturated heterocycles. The second-order valence-corrected chi connectivity index (χ2v) is 4.57. The molecule has 0 amide bonds. The molecule has 2 unspecified atom stereocenters. The van der Waals surface area contributed by atoms with Gasteiger partial charge >= 0.3 is 0 Å². The van der Waals surface area contributed by atoms with E-state index in [2.05, 4.69) is 13.0 Å². The Hall–Kier alpha value is -0.530. The van der Waals surface area contributed by atoms with Crippen LogP contribution in [-0.2, 0) is 6.42 Å². The molecule has 0 saturated carbocycles. The zero-order valence-electron chi connectivity index (χ0n) is 8.46. The predicted molar refractivity (Wildman–Crippen MR) is 60.7 cm³/mol. The number of fused-ring (bicyclic) bond motifs is 1. The van der Waals surface area contributed by atoms with Gasteiger partial charge in [-0.05, 0) is 48.4 Å². The molecule has 76 valence electrons. The summed E-state index contributed by atoms with van der Waals surface area (Å²) in [7, 11) is 0. The molecule has 1 aromatic carbocycles. The lowest BCUT2D eigenvalue weighted by molar-refractivity contribution is 0.466. The van der Waals surface area contributed by atoms with Crippen molar-refractivity contribution >= 4 is 11.6 Å². The summed E-state index contributed by atoms with van der Waals surface area (Å²) in [6.07, 6.45) is 2.32. The molecule has 1 nitrogen and oxygen atoms in total. The van der Waals surface area contributed by atoms with Gasteiger partial charge in [0.2, 0.25) is 0 Å². The number of halogens is 1. The molecule has 0 fully saturated rings. The van der Waals surface area contributed by atoms with E-state index in [1.54, 1.807) is 0 Å². The lowest BCUT2D eigenvalue weighted by atomic mass is 9.89. The van der Waals surface area contributed by atoms with Gasteiger partial charge in [-0.15, -0.1) is 0 Å². The maximum atomic E-state index is 6.15. The molecule has 0 radical (unpaired) electrons. The first-order valence-electron chi connectivity index (χ1n) is 5.21. The van der Waals surface area contributed by atoms with Crippen molar-refractivity contribution in [3.8, 4) is 0 Å². The summed E-state index contributed by atoms with van der Waals surface area (Å²) in [6, 6.07) is 6.23. The van der Waals surface area contributed by atoms with Crippen LogP contribution in [-0.4, -0.2) is 6.54 Å². The maximum Gasteiger partial charge on any atom is 0.0440 e. The minimum atomic E-state index is 0.565. The molecule has 14 heavy (non-hydrogen) atoms. The third-order valence-electron chi connectivity index (χ3n) is 3.32. The summed E-state index contributed by atoms with van der Waals surface area (Å²) in [4.78, 5) is 0. The average Bonchev–Trinajstić information content (AvgIpc) is 2.62. The third-order valence-corrected chi connectivity index (χ3v) is 3.67. The Morgan fingerprint density at radius 3 is 3.07 bits per heavy atom. The molecule has 0 spiro atoms. The Kier molecular flexibility index (Phi) is 2.80. The molecular formula is C12H16ClN. The van der Waals surface area contributed by atoms with E-state index in [1.807, 2.05) is 12.1 Å². The Balaban J connectivity index is 2.35. The third kappa shape index (κ3) is 1.55. The van der Waals surface area contributed by atoms with Crippen molar-refractivity contribution in [2.45, 2.75) is 25.7 Å². The Labute approximate surface area is 90.3 Å². The maximum absolute atomic E-state index is 6.15. The van der Waals surface area contributed by atoms with Crippen LogP contribution in [0.3, 0.4) is 0 Å². The second kappa shape index (κ2) is 3.92. The van der Waals surface area contributed by atoms with Crippen molar-refractivity contribution in [2.24, 2.45) is 11.7 Å². The van der Waals surface area contributed by atoms with Crippen LogP contribution in [0.25, 0.3) is 0 Å². The molecular weight excluding hydrogens is 194 g/mol. The van der Waals surface area contributed by atoms with Gasteiger partial charge in [0.05, 0.1) is 0 Å². The number of hydrogen-bond acceptors (Lipinski definition) is 1. The van der Waals surface area contributed by atoms with Gasteiger partial charge in [0.1, 0.15) is 0 Å². The van der Waals surface area contributed by atoms with Crippen molar-refractivity contribution in [3.05, 3.63) is 34.3 Å². The molecule has 1 aliphatic rings. The van der Waals surface area contributed by atoms with Crippen LogP contribution in [0.4, 0.5) is 0 Å². The fourth-order valence-corrected chi connectivity index (χ4v) is 2.67. The number of nitrogens with two attached hydrogens (primary N) is 1. The van der Waals surface area contributed by atoms with Gasteiger partial charge in [-0.25, -0.2) is 0 Å². The first kappa shape index (κ1) is 10.0. The van der Waals surface area contributed by atoms with Crippen molar-refractivity contribution in [2.75, 3.05) is 6.54 Å². The van der Waals surface area contributed by atoms with Gasteiger partial charge in [0.15, 0.2) is 0 Å². The zero-order valence-corrected chi connectivity index (χ0v) is 9.22. The van der Waals surface area contributed by atoms with E-state index in [-0.39, 0.29) is 0 Å². The standard InChI is InChI=1S/C12H16ClN/c1-8(7-14)9-5-6-11-10(9)3-2-4-12(11)13/h2-4,8-9H,5-7,14H2,1H3. The average molecular weight is 210 g/mol. The van der Waals surface area contributed by atoms with Gasteiger partial charge in [-0.3, -0.25) is 0 Å². The zero-order chi connectivity index (χ0) is 10.1. The predicted octanol–water partition coefficient (Wildman–Crippen LogP) is 2.96. The molecule has 1 aliphatic carbocycles. The van der Waals surface area contributed by atoms with Crippen LogP contribution in [0.1, 0.15) is 30.4 Å². The Morgan fingerprint density at radius 2 is 2.36 bits per heavy atom. The van der Waals surface area contributed by atoms with Crippen molar-refractivity contribution in [1.29, 1.82) is 0 Å². The van der Waals surface area contributed by atoms with Gasteiger partial charge in [0.25, 0.3) is 0 Å². The molecule has 0 bridgehead atoms. The lowest BCUT2D eigenvalue weighted by Crippen LogP contribution is -2.17. The van der Waals surface area contributed by atoms with Crippen LogP contribution in [0.15, 0.2) is 18.2 Å². The first-order chi connectivity index (χ1) is 6.74. The minimum absolute atomic E-state index is 0.565. The molecule has 0 heterocycles. The van der Waals surface area contributed by atoms with E-state index in [9.17, 15) is 0 Å². The van der Waals surface area contributed by atoms with E-state index in [4.69, 9.17) is 17.3 Å². The smallest absolute Gasteiger partial charge is 0.0440 e. The summed E-state index contributed by atoms with van der Waals surface area (Å²) in [5, 5.41) is 0.925. The van der Waals surface area contributed by atoms with E-state index in [0.717, 1.165) is 18.0 Å². The van der Waals surface area contributed by atoms with E-state index < -0.39 is 0 Å². The van der Waals surface area contributed by atoms with Crippen molar-refractivity contribution < 1.29 is 0 Å². The van der Waals surface area contributed by atoms with E-state index in [1.165, 1.54) is 17.5 Å². The van der Waals surface area contributed by atoms with Crippen LogP contribution < -0.4 is 5.73 Å². The first-order valence-corrected chi connectivity index (χ1v) is 5.59. The Bertz CT molecular complexity index is 335. The number of benzene rings is 1. The van der Waals surface area contributed by atoms with Crippen LogP contribution in [0.5, 0.6) is 0 Å². The quantitative estimate of drug-likeness (QED) is 0.797. The summed E-state index contributed by atoms with van der Waals surface area (Å²) in [6.45, 7) is 2.98. The number of hydrogen-bond donors (Lipinski definition) is 1. The van der Waals surface area contributed by atoms with Crippen molar-refractivity contribution in [3.63, 3.8) is 0 Å². The highest BCUT2D eigenvalue weighted by molar-refractivity contribution is 6.31. The largest absolute Gasteiger partial charge is 0.330 e. The molecule has 1 aromatic rings. The molecule has 2 N–H and O–H groups in total. The summed E-state index contributed by atoms with van der Waals surface area (Å²) >= 11 is 6.15. The van der Waals surface area contributed by atoms with Crippen LogP contribution in [0, 0.1) is 5.92 Å². The fourth-order valence-electron chi connectivity index (χ4n) is 2.40. The molecule has 2 rings (SSSR count). The monoisotopic (exact) mass is 209 g/mol. The molecule has 2 atom stereocenters. The SMILES string of the molecule is CC(CN)C1CCc2c(Cl)cccc21. The summed E-state index contributed by atoms with van der Waals surface area (Å²) in [5.41, 5.74) is 8.49. The van der Waals surface area contributed by atoms with E-state index in [0.29, 0.717) is 11.8 Å². The van der Waals surface area contributed by atoms with Gasteiger partial charge in [-0.1, -0.05) is 30.7 Å². The van der Waals surface area contributed by atoms with Gasteiger partial charge < -0.3 is 5.73 Å². The lowest BCUT2D eigenvalue weighted by Gasteiger charge is -2.18. The van der Waals surface area contributed by atoms with Crippen molar-refractivity contribution in [1.82, 2.24) is 0 Å². The summed E-state index contributed by atoms with van der Waals surface area (Å²) in [5.74, 6) is 1.18. The van der Waals surface area contributed by atoms with Gasteiger partial charge in [-0.2, -0.15) is 0 Å². The normalized spacial score (nSPS) is 22.1. The fraction of sp³-hybridized carbons (Fsp3) is 0.500. The highest BCUT2D eigenvalue weighted by atomic mass is 35.5. The summed E-state index contributed by atoms with van der Waals surface area (Å²) < 4.78 is 0. The minimum Gasteiger partial charge on any atom is -0.330 e. The van der Waals surface area contributed by atoms with Crippen LogP contribution in [0.2, 0.25) is 5.02 Å². The topological polar surface area (TPSA) is 26.0 Å². The highest BCUT2D eigenvalue weighted by Crippen LogP contribution is 2.40. The molecule has 0 aromatic heterocycles. The second-order valence-electron chi connectivity index (χ2n) is 4.17. The van der Waals surface area contributed by atoms with Crippen LogP contribution >= 0.6 is 11.6 Å². The van der Waals surface area contributed by atoms with Gasteiger partial charge in [0, 0.05) is 5.02 Å². The molecule has 2 heteroatoms. The number of rotatable bonds is 2.